The maximum absolute atomic E-state index is 14.3. The molecule has 0 aliphatic heterocycles. The Labute approximate surface area is 424 Å². The largest absolute Gasteiger partial charge is 0.289 e. The number of hydrogen-bond acceptors (Lipinski definition) is 10. The van der Waals surface area contributed by atoms with Crippen LogP contribution < -0.4 is 0 Å². The van der Waals surface area contributed by atoms with Gasteiger partial charge in [-0.1, -0.05) is 95.2 Å². The maximum Gasteiger partial charge on any atom is 0.206 e. The fourth-order valence-electron chi connectivity index (χ4n) is 7.01. The van der Waals surface area contributed by atoms with Gasteiger partial charge in [0.15, 0.2) is 11.6 Å². The summed E-state index contributed by atoms with van der Waals surface area (Å²) in [6, 6.07) is 13.8. The summed E-state index contributed by atoms with van der Waals surface area (Å²) in [7, 11) is -4.10. The van der Waals surface area contributed by atoms with E-state index in [9.17, 15) is 18.0 Å². The van der Waals surface area contributed by atoms with Crippen LogP contribution in [0.25, 0.3) is 11.4 Å². The number of thiophene rings is 2. The molecule has 2 aliphatic carbocycles. The number of Topliss-reactive ketones (excluding diaryl/α,β-unsaturated/α-hetero) is 2. The molecule has 0 radical (unpaired) electrons. The van der Waals surface area contributed by atoms with Crippen molar-refractivity contribution in [3.8, 4) is 0 Å². The molecule has 0 amide bonds. The lowest BCUT2D eigenvalue weighted by molar-refractivity contribution is -0.114. The number of rotatable bonds is 8. The maximum atomic E-state index is 14.3. The number of sulfone groups is 1. The normalized spacial score (nSPS) is 15.8. The highest BCUT2D eigenvalue weighted by Crippen LogP contribution is 2.46. The van der Waals surface area contributed by atoms with E-state index in [1.54, 1.807) is 0 Å². The molecule has 340 valence electrons. The monoisotopic (exact) mass is 1180 g/mol. The third kappa shape index (κ3) is 11.2. The molecular weight excluding hydrogens is 1140 g/mol. The predicted molar refractivity (Wildman–Crippen MR) is 281 cm³/mol. The molecule has 0 unspecified atom stereocenters. The average Bonchev–Trinajstić information content (AvgIpc) is 3.92. The Balaban J connectivity index is 1.39. The minimum absolute atomic E-state index is 0.0148. The third-order valence-electron chi connectivity index (χ3n) is 10.6. The first kappa shape index (κ1) is 51.1. The summed E-state index contributed by atoms with van der Waals surface area (Å²) in [6.45, 7) is 24.3. The molecular formula is C50H50Br4N4O4S3. The number of carbonyl (C=O) groups excluding carboxylic acids is 2. The topological polar surface area (TPSA) is 118 Å². The number of halogens is 4. The molecule has 15 heteroatoms. The van der Waals surface area contributed by atoms with Gasteiger partial charge in [0, 0.05) is 51.3 Å². The van der Waals surface area contributed by atoms with Crippen molar-refractivity contribution >= 4 is 131 Å². The van der Waals surface area contributed by atoms with Crippen LogP contribution in [0.4, 0.5) is 11.4 Å². The molecule has 0 spiro atoms. The lowest BCUT2D eigenvalue weighted by Crippen LogP contribution is -2.28. The molecule has 0 atom stereocenters. The molecule has 0 saturated carbocycles. The highest BCUT2D eigenvalue weighted by Gasteiger charge is 2.36. The van der Waals surface area contributed by atoms with Crippen molar-refractivity contribution < 1.29 is 18.0 Å². The molecule has 2 aliphatic rings. The first-order valence-electron chi connectivity index (χ1n) is 20.6. The second kappa shape index (κ2) is 19.0. The standard InChI is InChI=1S/C50H50Br4N4O4S3/c1-47(2,3)31-19-27(20-32(45(31)59)48(4,5)6)41(39-15-13-17-63-39)55-57-43-35(51)23-29(24-36(43)52)65(61,62)30-25-37(53)44(38(54)26-30)58-56-42(40-16-14-18-64-40)28-21-33(49(7,8)9)46(60)34(22-28)50(10,11)12/h13-26H,1-12H3. The summed E-state index contributed by atoms with van der Waals surface area (Å²) in [4.78, 5) is 29.2. The second-order valence-electron chi connectivity index (χ2n) is 19.8. The van der Waals surface area contributed by atoms with Gasteiger partial charge in [-0.3, -0.25) is 9.59 Å². The highest BCUT2D eigenvalue weighted by atomic mass is 79.9. The van der Waals surface area contributed by atoms with E-state index in [1.807, 2.05) is 142 Å². The molecule has 4 aromatic rings. The Morgan fingerprint density at radius 2 is 0.769 bits per heavy atom. The van der Waals surface area contributed by atoms with Gasteiger partial charge in [0.1, 0.15) is 22.8 Å². The van der Waals surface area contributed by atoms with E-state index in [2.05, 4.69) is 73.9 Å². The van der Waals surface area contributed by atoms with E-state index in [0.29, 0.717) is 63.0 Å². The minimum Gasteiger partial charge on any atom is -0.289 e. The Kier molecular flexibility index (Phi) is 14.9. The smallest absolute Gasteiger partial charge is 0.206 e. The molecule has 65 heavy (non-hydrogen) atoms. The fraction of sp³-hybridized carbons (Fsp3) is 0.320. The van der Waals surface area contributed by atoms with Gasteiger partial charge in [0.25, 0.3) is 0 Å². The van der Waals surface area contributed by atoms with Gasteiger partial charge in [-0.05, 0) is 157 Å². The van der Waals surface area contributed by atoms with E-state index in [-0.39, 0.29) is 21.4 Å². The van der Waals surface area contributed by atoms with Crippen molar-refractivity contribution in [2.75, 3.05) is 0 Å². The van der Waals surface area contributed by atoms with Crippen molar-refractivity contribution in [3.05, 3.63) is 145 Å². The third-order valence-corrected chi connectivity index (χ3v) is 16.5. The zero-order valence-corrected chi connectivity index (χ0v) is 47.0. The minimum atomic E-state index is -4.10. The molecule has 2 aromatic heterocycles. The van der Waals surface area contributed by atoms with Crippen molar-refractivity contribution in [3.63, 3.8) is 0 Å². The SMILES string of the molecule is CC(C)(C)C1=CC(=C(N=Nc2c(Br)cc(S(=O)(=O)c3cc(Br)c(N=NC(=C4C=C(C(C)(C)C)C(=O)C(C(C)(C)C)=C4)c4cccs4)c(Br)c3)cc2Br)c2cccs2)C=C(C(C)(C)C)C1=O. The van der Waals surface area contributed by atoms with Gasteiger partial charge >= 0.3 is 0 Å². The van der Waals surface area contributed by atoms with Crippen molar-refractivity contribution in [2.24, 2.45) is 42.1 Å². The Bertz CT molecular complexity index is 2660. The Morgan fingerprint density at radius 3 is 1.00 bits per heavy atom. The summed E-state index contributed by atoms with van der Waals surface area (Å²) in [5, 5.41) is 22.8. The van der Waals surface area contributed by atoms with E-state index in [0.717, 1.165) is 20.9 Å². The van der Waals surface area contributed by atoms with E-state index < -0.39 is 31.5 Å². The summed E-state index contributed by atoms with van der Waals surface area (Å²) >= 11 is 17.4. The van der Waals surface area contributed by atoms with Crippen LogP contribution in [0, 0.1) is 21.7 Å². The lowest BCUT2D eigenvalue weighted by atomic mass is 9.71. The van der Waals surface area contributed by atoms with Gasteiger partial charge in [-0.15, -0.1) is 43.1 Å². The van der Waals surface area contributed by atoms with Crippen molar-refractivity contribution in [2.45, 2.75) is 92.9 Å². The second-order valence-corrected chi connectivity index (χ2v) is 27.1. The molecule has 0 bridgehead atoms. The van der Waals surface area contributed by atoms with Crippen LogP contribution in [0.2, 0.25) is 0 Å². The lowest BCUT2D eigenvalue weighted by Gasteiger charge is -2.31. The van der Waals surface area contributed by atoms with Gasteiger partial charge in [0.05, 0.1) is 19.5 Å². The quantitative estimate of drug-likeness (QED) is 0.163. The number of ketones is 2. The number of azo groups is 2. The molecule has 8 nitrogen and oxygen atoms in total. The molecule has 0 saturated heterocycles. The van der Waals surface area contributed by atoms with Crippen LogP contribution in [0.3, 0.4) is 0 Å². The van der Waals surface area contributed by atoms with Gasteiger partial charge in [-0.2, -0.15) is 0 Å². The summed E-state index contributed by atoms with van der Waals surface area (Å²) < 4.78 is 30.3. The van der Waals surface area contributed by atoms with E-state index in [4.69, 9.17) is 10.2 Å². The number of carbonyl (C=O) groups is 2. The summed E-state index contributed by atoms with van der Waals surface area (Å²) in [5.41, 5.74) is 4.56. The fourth-order valence-corrected chi connectivity index (χ4v) is 13.1. The number of benzene rings is 2. The Hall–Kier alpha value is -3.31. The summed E-state index contributed by atoms with van der Waals surface area (Å²) in [5.74, 6) is 0.0399. The molecule has 2 aromatic carbocycles. The number of hydrogen-bond donors (Lipinski definition) is 0. The zero-order chi connectivity index (χ0) is 48.2. The van der Waals surface area contributed by atoms with Gasteiger partial charge in [-0.25, -0.2) is 8.42 Å². The van der Waals surface area contributed by atoms with E-state index >= 15 is 0 Å². The first-order valence-corrected chi connectivity index (χ1v) is 27.0. The van der Waals surface area contributed by atoms with Crippen LogP contribution in [0.5, 0.6) is 0 Å². The molecule has 0 N–H and O–H groups in total. The molecule has 0 fully saturated rings. The zero-order valence-electron chi connectivity index (χ0n) is 38.2. The van der Waals surface area contributed by atoms with Gasteiger partial charge < -0.3 is 0 Å². The van der Waals surface area contributed by atoms with Gasteiger partial charge in [0.2, 0.25) is 9.84 Å². The predicted octanol–water partition coefficient (Wildman–Crippen LogP) is 17.7. The first-order chi connectivity index (χ1) is 30.0. The Morgan fingerprint density at radius 1 is 0.492 bits per heavy atom. The molecule has 2 heterocycles. The summed E-state index contributed by atoms with van der Waals surface area (Å²) in [6.07, 6.45) is 7.64. The number of nitrogens with zero attached hydrogens (tertiary/aromatic N) is 4. The highest BCUT2D eigenvalue weighted by molar-refractivity contribution is 9.11. The van der Waals surface area contributed by atoms with Crippen molar-refractivity contribution in [1.29, 1.82) is 0 Å². The van der Waals surface area contributed by atoms with Crippen LogP contribution in [-0.4, -0.2) is 20.0 Å². The number of allylic oxidation sites excluding steroid dienone is 10. The van der Waals surface area contributed by atoms with Crippen LogP contribution in [0.1, 0.15) is 92.8 Å². The van der Waals surface area contributed by atoms with Crippen molar-refractivity contribution in [1.82, 2.24) is 0 Å². The average molecular weight is 1190 g/mol. The van der Waals surface area contributed by atoms with Crippen LogP contribution >= 0.6 is 86.4 Å². The van der Waals surface area contributed by atoms with Crippen LogP contribution in [-0.2, 0) is 19.4 Å². The van der Waals surface area contributed by atoms with E-state index in [1.165, 1.54) is 46.9 Å². The molecule has 6 rings (SSSR count). The van der Waals surface area contributed by atoms with Crippen LogP contribution in [0.15, 0.2) is 165 Å².